The lowest BCUT2D eigenvalue weighted by Gasteiger charge is -2.32. The summed E-state index contributed by atoms with van der Waals surface area (Å²) in [7, 11) is 0. The van der Waals surface area contributed by atoms with Crippen LogP contribution in [0.25, 0.3) is 0 Å². The van der Waals surface area contributed by atoms with Gasteiger partial charge in [0.25, 0.3) is 0 Å². The molecule has 2 aliphatic heterocycles. The summed E-state index contributed by atoms with van der Waals surface area (Å²) in [5.74, 6) is 1.87. The zero-order valence-electron chi connectivity index (χ0n) is 17.0. The number of piperidine rings is 1. The number of likely N-dealkylation sites (tertiary alicyclic amines) is 1. The fourth-order valence-corrected chi connectivity index (χ4v) is 3.63. The third-order valence-corrected chi connectivity index (χ3v) is 5.13. The quantitative estimate of drug-likeness (QED) is 0.578. The Balaban J connectivity index is 1.47. The summed E-state index contributed by atoms with van der Waals surface area (Å²) in [4.78, 5) is 18.3. The molecule has 154 valence electrons. The number of hydrogen-bond acceptors (Lipinski definition) is 4. The number of hydrogen-bond donors (Lipinski definition) is 2. The van der Waals surface area contributed by atoms with Gasteiger partial charge < -0.3 is 25.0 Å². The smallest absolute Gasteiger partial charge is 0.409 e. The summed E-state index contributed by atoms with van der Waals surface area (Å²) in [5.41, 5.74) is 2.60. The van der Waals surface area contributed by atoms with Gasteiger partial charge in [-0.1, -0.05) is 12.1 Å². The first kappa shape index (κ1) is 20.3. The van der Waals surface area contributed by atoms with Crippen molar-refractivity contribution >= 4 is 12.1 Å². The number of carbonyl (C=O) groups is 1. The van der Waals surface area contributed by atoms with Gasteiger partial charge in [-0.2, -0.15) is 0 Å². The molecule has 0 unspecified atom stereocenters. The first-order valence-electron chi connectivity index (χ1n) is 10.4. The molecule has 1 aromatic rings. The molecule has 7 heteroatoms. The second kappa shape index (κ2) is 10.2. The summed E-state index contributed by atoms with van der Waals surface area (Å²) in [6.07, 6.45) is 3.50. The van der Waals surface area contributed by atoms with Crippen molar-refractivity contribution in [2.24, 2.45) is 4.99 Å². The van der Waals surface area contributed by atoms with Crippen LogP contribution in [0.4, 0.5) is 4.79 Å². The van der Waals surface area contributed by atoms with E-state index >= 15 is 0 Å². The van der Waals surface area contributed by atoms with Gasteiger partial charge in [-0.05, 0) is 50.3 Å². The molecule has 0 atom stereocenters. The molecule has 1 fully saturated rings. The Morgan fingerprint density at radius 2 is 2.14 bits per heavy atom. The van der Waals surface area contributed by atoms with Gasteiger partial charge in [0.1, 0.15) is 5.75 Å². The Labute approximate surface area is 167 Å². The van der Waals surface area contributed by atoms with Crippen molar-refractivity contribution in [3.05, 3.63) is 29.3 Å². The van der Waals surface area contributed by atoms with Gasteiger partial charge >= 0.3 is 6.09 Å². The number of fused-ring (bicyclic) bond motifs is 1. The van der Waals surface area contributed by atoms with Gasteiger partial charge in [-0.15, -0.1) is 0 Å². The van der Waals surface area contributed by atoms with E-state index in [0.717, 1.165) is 57.1 Å². The molecule has 2 heterocycles. The van der Waals surface area contributed by atoms with E-state index in [9.17, 15) is 4.79 Å². The average Bonchev–Trinajstić information content (AvgIpc) is 3.17. The summed E-state index contributed by atoms with van der Waals surface area (Å²) in [5, 5.41) is 6.84. The molecule has 1 amide bonds. The van der Waals surface area contributed by atoms with Gasteiger partial charge in [0.05, 0.1) is 13.2 Å². The largest absolute Gasteiger partial charge is 0.493 e. The van der Waals surface area contributed by atoms with Crippen molar-refractivity contribution in [1.82, 2.24) is 15.5 Å². The van der Waals surface area contributed by atoms with Gasteiger partial charge in [0.2, 0.25) is 0 Å². The molecule has 2 aliphatic rings. The number of carbonyl (C=O) groups excluding carboxylic acids is 1. The lowest BCUT2D eigenvalue weighted by Crippen LogP contribution is -2.50. The van der Waals surface area contributed by atoms with Gasteiger partial charge in [-0.25, -0.2) is 4.79 Å². The highest BCUT2D eigenvalue weighted by Crippen LogP contribution is 2.25. The Morgan fingerprint density at radius 1 is 1.32 bits per heavy atom. The van der Waals surface area contributed by atoms with Crippen LogP contribution in [0.15, 0.2) is 23.2 Å². The molecule has 0 aliphatic carbocycles. The van der Waals surface area contributed by atoms with Crippen molar-refractivity contribution in [1.29, 1.82) is 0 Å². The topological polar surface area (TPSA) is 75.2 Å². The van der Waals surface area contributed by atoms with Crippen LogP contribution in [0, 0.1) is 0 Å². The maximum absolute atomic E-state index is 11.8. The van der Waals surface area contributed by atoms with Gasteiger partial charge in [-0.3, -0.25) is 4.99 Å². The van der Waals surface area contributed by atoms with Crippen LogP contribution in [-0.4, -0.2) is 62.4 Å². The third kappa shape index (κ3) is 5.53. The normalized spacial score (nSPS) is 17.1. The van der Waals surface area contributed by atoms with Crippen LogP contribution < -0.4 is 15.4 Å². The molecule has 0 aromatic heterocycles. The highest BCUT2D eigenvalue weighted by Gasteiger charge is 2.24. The Bertz CT molecular complexity index is 684. The number of nitrogens with zero attached hydrogens (tertiary/aromatic N) is 2. The molecule has 28 heavy (non-hydrogen) atoms. The van der Waals surface area contributed by atoms with Gasteiger partial charge in [0, 0.05) is 38.6 Å². The molecule has 7 nitrogen and oxygen atoms in total. The minimum atomic E-state index is -0.207. The van der Waals surface area contributed by atoms with Crippen LogP contribution in [0.5, 0.6) is 5.75 Å². The number of benzene rings is 1. The van der Waals surface area contributed by atoms with Crippen LogP contribution in [0.1, 0.15) is 37.8 Å². The van der Waals surface area contributed by atoms with Crippen molar-refractivity contribution in [2.75, 3.05) is 39.4 Å². The number of rotatable bonds is 6. The van der Waals surface area contributed by atoms with E-state index < -0.39 is 0 Å². The molecule has 0 radical (unpaired) electrons. The molecule has 2 N–H and O–H groups in total. The fourth-order valence-electron chi connectivity index (χ4n) is 3.63. The second-order valence-electron chi connectivity index (χ2n) is 7.16. The molecule has 0 spiro atoms. The van der Waals surface area contributed by atoms with E-state index in [4.69, 9.17) is 14.5 Å². The fraction of sp³-hybridized carbons (Fsp3) is 0.619. The molecule has 0 bridgehead atoms. The average molecular weight is 389 g/mol. The van der Waals surface area contributed by atoms with Crippen LogP contribution >= 0.6 is 0 Å². The minimum Gasteiger partial charge on any atom is -0.493 e. The first-order valence-corrected chi connectivity index (χ1v) is 10.4. The third-order valence-electron chi connectivity index (χ3n) is 5.13. The maximum Gasteiger partial charge on any atom is 0.409 e. The highest BCUT2D eigenvalue weighted by atomic mass is 16.6. The Morgan fingerprint density at radius 3 is 2.89 bits per heavy atom. The predicted molar refractivity (Wildman–Crippen MR) is 110 cm³/mol. The minimum absolute atomic E-state index is 0.207. The summed E-state index contributed by atoms with van der Waals surface area (Å²) < 4.78 is 10.7. The molecule has 1 saturated heterocycles. The zero-order valence-corrected chi connectivity index (χ0v) is 17.0. The number of nitrogens with one attached hydrogen (secondary N) is 2. The van der Waals surface area contributed by atoms with Gasteiger partial charge in [0.15, 0.2) is 5.96 Å². The van der Waals surface area contributed by atoms with E-state index in [-0.39, 0.29) is 6.09 Å². The summed E-state index contributed by atoms with van der Waals surface area (Å²) in [6, 6.07) is 6.76. The van der Waals surface area contributed by atoms with E-state index in [1.807, 2.05) is 6.92 Å². The molecule has 0 saturated carbocycles. The zero-order chi connectivity index (χ0) is 19.8. The molecular weight excluding hydrogens is 356 g/mol. The van der Waals surface area contributed by atoms with Crippen LogP contribution in [0.3, 0.4) is 0 Å². The lowest BCUT2D eigenvalue weighted by atomic mass is 10.1. The molecule has 1 aromatic carbocycles. The Kier molecular flexibility index (Phi) is 7.39. The predicted octanol–water partition coefficient (Wildman–Crippen LogP) is 2.34. The maximum atomic E-state index is 11.8. The number of ether oxygens (including phenoxy) is 2. The van der Waals surface area contributed by atoms with Crippen molar-refractivity contribution in [3.8, 4) is 5.75 Å². The first-order chi connectivity index (χ1) is 13.7. The number of aliphatic imine (C=N–C) groups is 1. The monoisotopic (exact) mass is 388 g/mol. The number of guanidine groups is 1. The standard InChI is InChI=1S/C21H32N4O3/c1-3-22-20(24-18-8-12-25(13-9-18)21(26)27-4-2)23-11-7-16-5-6-19-17(15-16)10-14-28-19/h5-6,15,18H,3-4,7-14H2,1-2H3,(H2,22,23,24). The van der Waals surface area contributed by atoms with Crippen molar-refractivity contribution in [3.63, 3.8) is 0 Å². The van der Waals surface area contributed by atoms with Crippen molar-refractivity contribution in [2.45, 2.75) is 45.6 Å². The second-order valence-corrected chi connectivity index (χ2v) is 7.16. The molecular formula is C21H32N4O3. The van der Waals surface area contributed by atoms with Crippen LogP contribution in [-0.2, 0) is 17.6 Å². The van der Waals surface area contributed by atoms with E-state index in [2.05, 4.69) is 35.8 Å². The highest BCUT2D eigenvalue weighted by molar-refractivity contribution is 5.80. The lowest BCUT2D eigenvalue weighted by molar-refractivity contribution is 0.0963. The van der Waals surface area contributed by atoms with E-state index in [1.54, 1.807) is 4.90 Å². The SMILES string of the molecule is CCNC(=NCCc1ccc2c(c1)CCO2)NC1CCN(C(=O)OCC)CC1. The summed E-state index contributed by atoms with van der Waals surface area (Å²) >= 11 is 0. The number of amides is 1. The van der Waals surface area contributed by atoms with Crippen LogP contribution in [0.2, 0.25) is 0 Å². The molecule has 3 rings (SSSR count). The van der Waals surface area contributed by atoms with Crippen molar-refractivity contribution < 1.29 is 14.3 Å². The Hall–Kier alpha value is -2.44. The summed E-state index contributed by atoms with van der Waals surface area (Å²) in [6.45, 7) is 8.11. The van der Waals surface area contributed by atoms with E-state index in [0.29, 0.717) is 25.7 Å². The van der Waals surface area contributed by atoms with E-state index in [1.165, 1.54) is 11.1 Å².